The van der Waals surface area contributed by atoms with Gasteiger partial charge < -0.3 is 19.7 Å². The predicted molar refractivity (Wildman–Crippen MR) is 131 cm³/mol. The van der Waals surface area contributed by atoms with E-state index in [1.165, 1.54) is 0 Å². The Balaban J connectivity index is 1.43. The number of aromatic nitrogens is 1. The van der Waals surface area contributed by atoms with E-state index in [0.29, 0.717) is 5.56 Å². The maximum atomic E-state index is 13.3. The molecule has 5 rings (SSSR count). The first kappa shape index (κ1) is 21.0. The van der Waals surface area contributed by atoms with Gasteiger partial charge in [-0.3, -0.25) is 4.79 Å². The summed E-state index contributed by atoms with van der Waals surface area (Å²) in [7, 11) is 1.64. The molecule has 1 N–H and O–H groups in total. The number of nitrogens with one attached hydrogen (secondary N) is 1. The second kappa shape index (κ2) is 9.30. The van der Waals surface area contributed by atoms with Crippen LogP contribution in [-0.4, -0.2) is 44.3 Å². The van der Waals surface area contributed by atoms with Gasteiger partial charge in [-0.05, 0) is 60.7 Å². The Kier molecular flexibility index (Phi) is 5.91. The highest BCUT2D eigenvalue weighted by Crippen LogP contribution is 2.27. The molecule has 1 aromatic heterocycles. The fraction of sp³-hybridized carbons (Fsp3) is 0.185. The van der Waals surface area contributed by atoms with Gasteiger partial charge in [0, 0.05) is 35.4 Å². The van der Waals surface area contributed by atoms with Gasteiger partial charge in [-0.25, -0.2) is 4.98 Å². The molecule has 1 aliphatic rings. The molecular weight excluding hydrogens is 414 g/mol. The molecule has 1 fully saturated rings. The zero-order valence-corrected chi connectivity index (χ0v) is 18.5. The maximum Gasteiger partial charge on any atom is 0.256 e. The number of ether oxygens (including phenoxy) is 2. The number of benzene rings is 3. The Morgan fingerprint density at radius 2 is 1.70 bits per heavy atom. The van der Waals surface area contributed by atoms with Crippen LogP contribution >= 0.6 is 0 Å². The summed E-state index contributed by atoms with van der Waals surface area (Å²) in [5.41, 5.74) is 4.91. The lowest BCUT2D eigenvalue weighted by Gasteiger charge is -2.28. The van der Waals surface area contributed by atoms with Crippen molar-refractivity contribution in [3.63, 3.8) is 0 Å². The summed E-state index contributed by atoms with van der Waals surface area (Å²) in [6, 6.07) is 25.2. The third-order valence-corrected chi connectivity index (χ3v) is 5.85. The number of rotatable bonds is 5. The molecule has 0 unspecified atom stereocenters. The molecule has 166 valence electrons. The van der Waals surface area contributed by atoms with Gasteiger partial charge in [-0.2, -0.15) is 0 Å². The van der Waals surface area contributed by atoms with Crippen LogP contribution < -0.4 is 15.0 Å². The standard InChI is InChI=1S/C27H25N3O3/c1-32-22-12-6-19(7-13-22)26-18-24(23-4-2-3-5-25(23)29-26)27(31)28-20-8-10-21(11-9-20)30-14-16-33-17-15-30/h2-13,18H,14-17H2,1H3,(H,28,31). The lowest BCUT2D eigenvalue weighted by atomic mass is 10.0. The highest BCUT2D eigenvalue weighted by Gasteiger charge is 2.15. The molecule has 4 aromatic rings. The SMILES string of the molecule is COc1ccc(-c2cc(C(=O)Nc3ccc(N4CCOCC4)cc3)c3ccccc3n2)cc1. The molecule has 33 heavy (non-hydrogen) atoms. The Labute approximate surface area is 192 Å². The number of carbonyl (C=O) groups excluding carboxylic acids is 1. The fourth-order valence-electron chi connectivity index (χ4n) is 4.05. The average molecular weight is 440 g/mol. The molecule has 0 radical (unpaired) electrons. The second-order valence-electron chi connectivity index (χ2n) is 7.90. The molecule has 3 aromatic carbocycles. The third kappa shape index (κ3) is 4.52. The summed E-state index contributed by atoms with van der Waals surface area (Å²) >= 11 is 0. The molecule has 6 nitrogen and oxygen atoms in total. The van der Waals surface area contributed by atoms with Gasteiger partial charge in [0.2, 0.25) is 0 Å². The van der Waals surface area contributed by atoms with Gasteiger partial charge in [0.05, 0.1) is 37.1 Å². The van der Waals surface area contributed by atoms with Crippen molar-refractivity contribution < 1.29 is 14.3 Å². The lowest BCUT2D eigenvalue weighted by Crippen LogP contribution is -2.36. The number of para-hydroxylation sites is 1. The van der Waals surface area contributed by atoms with Crippen LogP contribution in [0.1, 0.15) is 10.4 Å². The number of morpholine rings is 1. The normalized spacial score (nSPS) is 13.7. The monoisotopic (exact) mass is 439 g/mol. The summed E-state index contributed by atoms with van der Waals surface area (Å²) < 4.78 is 10.7. The van der Waals surface area contributed by atoms with E-state index >= 15 is 0 Å². The number of fused-ring (bicyclic) bond motifs is 1. The van der Waals surface area contributed by atoms with Crippen molar-refractivity contribution in [2.24, 2.45) is 0 Å². The molecule has 0 aliphatic carbocycles. The predicted octanol–water partition coefficient (Wildman–Crippen LogP) is 5.00. The number of anilines is 2. The van der Waals surface area contributed by atoms with Gasteiger partial charge >= 0.3 is 0 Å². The molecule has 1 saturated heterocycles. The summed E-state index contributed by atoms with van der Waals surface area (Å²) in [5, 5.41) is 3.86. The van der Waals surface area contributed by atoms with Crippen LogP contribution in [0.15, 0.2) is 78.9 Å². The van der Waals surface area contributed by atoms with E-state index in [9.17, 15) is 4.79 Å². The fourth-order valence-corrected chi connectivity index (χ4v) is 4.05. The largest absolute Gasteiger partial charge is 0.497 e. The van der Waals surface area contributed by atoms with E-state index in [0.717, 1.165) is 65.6 Å². The Hall–Kier alpha value is -3.90. The lowest BCUT2D eigenvalue weighted by molar-refractivity contribution is 0.102. The van der Waals surface area contributed by atoms with E-state index < -0.39 is 0 Å². The van der Waals surface area contributed by atoms with Gasteiger partial charge in [0.1, 0.15) is 5.75 Å². The van der Waals surface area contributed by atoms with E-state index in [2.05, 4.69) is 10.2 Å². The van der Waals surface area contributed by atoms with Crippen LogP contribution in [0.2, 0.25) is 0 Å². The van der Waals surface area contributed by atoms with E-state index in [-0.39, 0.29) is 5.91 Å². The van der Waals surface area contributed by atoms with Crippen molar-refractivity contribution >= 4 is 28.2 Å². The molecule has 0 spiro atoms. The summed E-state index contributed by atoms with van der Waals surface area (Å²) in [6.45, 7) is 3.24. The first-order valence-electron chi connectivity index (χ1n) is 11.0. The highest BCUT2D eigenvalue weighted by atomic mass is 16.5. The minimum absolute atomic E-state index is 0.164. The number of pyridine rings is 1. The zero-order valence-electron chi connectivity index (χ0n) is 18.5. The van der Waals surface area contributed by atoms with Crippen LogP contribution in [0.3, 0.4) is 0 Å². The topological polar surface area (TPSA) is 63.7 Å². The van der Waals surface area contributed by atoms with Gasteiger partial charge in [-0.1, -0.05) is 18.2 Å². The number of carbonyl (C=O) groups is 1. The smallest absolute Gasteiger partial charge is 0.256 e. The third-order valence-electron chi connectivity index (χ3n) is 5.85. The minimum Gasteiger partial charge on any atom is -0.497 e. The Morgan fingerprint density at radius 3 is 2.42 bits per heavy atom. The number of hydrogen-bond donors (Lipinski definition) is 1. The average Bonchev–Trinajstić information content (AvgIpc) is 2.89. The number of methoxy groups -OCH3 is 1. The molecule has 0 bridgehead atoms. The summed E-state index contributed by atoms with van der Waals surface area (Å²) in [6.07, 6.45) is 0. The van der Waals surface area contributed by atoms with Crippen molar-refractivity contribution in [2.45, 2.75) is 0 Å². The summed E-state index contributed by atoms with van der Waals surface area (Å²) in [4.78, 5) is 20.4. The van der Waals surface area contributed by atoms with E-state index in [4.69, 9.17) is 14.5 Å². The van der Waals surface area contributed by atoms with Crippen LogP contribution in [0.4, 0.5) is 11.4 Å². The molecule has 1 aliphatic heterocycles. The zero-order chi connectivity index (χ0) is 22.6. The number of amides is 1. The molecule has 6 heteroatoms. The Bertz CT molecular complexity index is 1260. The Morgan fingerprint density at radius 1 is 0.970 bits per heavy atom. The minimum atomic E-state index is -0.164. The van der Waals surface area contributed by atoms with Crippen molar-refractivity contribution in [2.75, 3.05) is 43.6 Å². The van der Waals surface area contributed by atoms with Crippen LogP contribution in [-0.2, 0) is 4.74 Å². The molecular formula is C27H25N3O3. The molecule has 0 atom stereocenters. The molecule has 2 heterocycles. The first-order chi connectivity index (χ1) is 16.2. The molecule has 0 saturated carbocycles. The first-order valence-corrected chi connectivity index (χ1v) is 11.0. The van der Waals surface area contributed by atoms with Gasteiger partial charge in [0.25, 0.3) is 5.91 Å². The van der Waals surface area contributed by atoms with Gasteiger partial charge in [-0.15, -0.1) is 0 Å². The highest BCUT2D eigenvalue weighted by molar-refractivity contribution is 6.13. The van der Waals surface area contributed by atoms with E-state index in [1.807, 2.05) is 78.9 Å². The van der Waals surface area contributed by atoms with Crippen LogP contribution in [0.5, 0.6) is 5.75 Å². The van der Waals surface area contributed by atoms with Crippen molar-refractivity contribution in [1.29, 1.82) is 0 Å². The van der Waals surface area contributed by atoms with Gasteiger partial charge in [0.15, 0.2) is 0 Å². The van der Waals surface area contributed by atoms with E-state index in [1.54, 1.807) is 7.11 Å². The number of hydrogen-bond acceptors (Lipinski definition) is 5. The summed E-state index contributed by atoms with van der Waals surface area (Å²) in [5.74, 6) is 0.612. The molecule has 1 amide bonds. The number of nitrogens with zero attached hydrogens (tertiary/aromatic N) is 2. The quantitative estimate of drug-likeness (QED) is 0.474. The van der Waals surface area contributed by atoms with Crippen LogP contribution in [0, 0.1) is 0 Å². The van der Waals surface area contributed by atoms with Crippen molar-refractivity contribution in [3.05, 3.63) is 84.4 Å². The second-order valence-corrected chi connectivity index (χ2v) is 7.90. The van der Waals surface area contributed by atoms with Crippen molar-refractivity contribution in [3.8, 4) is 17.0 Å². The van der Waals surface area contributed by atoms with Crippen LogP contribution in [0.25, 0.3) is 22.2 Å². The maximum absolute atomic E-state index is 13.3. The van der Waals surface area contributed by atoms with Crippen molar-refractivity contribution in [1.82, 2.24) is 4.98 Å².